The van der Waals surface area contributed by atoms with E-state index in [4.69, 9.17) is 11.6 Å². The van der Waals surface area contributed by atoms with Crippen molar-refractivity contribution in [2.75, 3.05) is 13.1 Å². The van der Waals surface area contributed by atoms with Gasteiger partial charge in [0.25, 0.3) is 5.91 Å². The fraction of sp³-hybridized carbons (Fsp3) is 0.167. The monoisotopic (exact) mass is 356 g/mol. The number of benzene rings is 2. The topological polar surface area (TPSA) is 86.9 Å². The Kier molecular flexibility index (Phi) is 5.30. The van der Waals surface area contributed by atoms with Crippen LogP contribution in [0.5, 0.6) is 0 Å². The number of aromatic nitrogens is 2. The first-order chi connectivity index (χ1) is 12.1. The van der Waals surface area contributed by atoms with E-state index in [0.717, 1.165) is 16.9 Å². The molecule has 25 heavy (non-hydrogen) atoms. The fourth-order valence-electron chi connectivity index (χ4n) is 2.41. The number of nitrogens with one attached hydrogen (secondary N) is 3. The normalized spacial score (nSPS) is 10.6. The van der Waals surface area contributed by atoms with Gasteiger partial charge in [0.2, 0.25) is 5.91 Å². The van der Waals surface area contributed by atoms with Gasteiger partial charge < -0.3 is 15.6 Å². The number of H-pyrrole nitrogens is 1. The molecule has 0 aliphatic carbocycles. The summed E-state index contributed by atoms with van der Waals surface area (Å²) >= 11 is 5.95. The molecule has 3 N–H and O–H groups in total. The number of aromatic amines is 1. The average molecular weight is 357 g/mol. The van der Waals surface area contributed by atoms with Crippen LogP contribution in [-0.2, 0) is 11.2 Å². The van der Waals surface area contributed by atoms with Crippen molar-refractivity contribution in [3.63, 3.8) is 0 Å². The van der Waals surface area contributed by atoms with Crippen LogP contribution in [0.2, 0.25) is 5.02 Å². The van der Waals surface area contributed by atoms with E-state index >= 15 is 0 Å². The zero-order chi connectivity index (χ0) is 17.6. The third kappa shape index (κ3) is 4.36. The summed E-state index contributed by atoms with van der Waals surface area (Å²) in [7, 11) is 0. The number of carbonyl (C=O) groups excluding carboxylic acids is 2. The van der Waals surface area contributed by atoms with E-state index in [0.29, 0.717) is 23.6 Å². The van der Waals surface area contributed by atoms with E-state index in [9.17, 15) is 9.59 Å². The molecular weight excluding hydrogens is 340 g/mol. The van der Waals surface area contributed by atoms with E-state index in [1.807, 2.05) is 24.3 Å². The Morgan fingerprint density at radius 1 is 1.04 bits per heavy atom. The van der Waals surface area contributed by atoms with Gasteiger partial charge in [-0.2, -0.15) is 0 Å². The van der Waals surface area contributed by atoms with E-state index in [1.54, 1.807) is 24.3 Å². The molecule has 0 fully saturated rings. The van der Waals surface area contributed by atoms with Gasteiger partial charge in [-0.3, -0.25) is 9.59 Å². The Labute approximate surface area is 149 Å². The molecule has 0 aliphatic rings. The molecule has 0 unspecified atom stereocenters. The first-order valence-corrected chi connectivity index (χ1v) is 8.24. The first-order valence-electron chi connectivity index (χ1n) is 7.86. The van der Waals surface area contributed by atoms with Gasteiger partial charge >= 0.3 is 0 Å². The number of amides is 2. The predicted molar refractivity (Wildman–Crippen MR) is 96.6 cm³/mol. The summed E-state index contributed by atoms with van der Waals surface area (Å²) in [6.45, 7) is 0.324. The van der Waals surface area contributed by atoms with Crippen molar-refractivity contribution in [1.29, 1.82) is 0 Å². The van der Waals surface area contributed by atoms with Crippen LogP contribution in [0.3, 0.4) is 0 Å². The first kappa shape index (κ1) is 17.0. The smallest absolute Gasteiger partial charge is 0.253 e. The summed E-state index contributed by atoms with van der Waals surface area (Å²) < 4.78 is 0. The number of carbonyl (C=O) groups is 2. The number of rotatable bonds is 6. The molecule has 0 aliphatic heterocycles. The molecule has 1 aromatic heterocycles. The van der Waals surface area contributed by atoms with Crippen LogP contribution in [0.4, 0.5) is 0 Å². The SMILES string of the molecule is O=C(CNC(=O)c1ccccc1Cl)NCCc1nc2ccccc2[nH]1. The summed E-state index contributed by atoms with van der Waals surface area (Å²) in [4.78, 5) is 31.5. The molecule has 0 spiro atoms. The maximum atomic E-state index is 12.0. The van der Waals surface area contributed by atoms with E-state index < -0.39 is 0 Å². The lowest BCUT2D eigenvalue weighted by Gasteiger charge is -2.07. The number of fused-ring (bicyclic) bond motifs is 1. The molecule has 0 saturated heterocycles. The summed E-state index contributed by atoms with van der Waals surface area (Å²) in [5.74, 6) is 0.163. The minimum absolute atomic E-state index is 0.107. The van der Waals surface area contributed by atoms with Crippen molar-refractivity contribution >= 4 is 34.4 Å². The van der Waals surface area contributed by atoms with Gasteiger partial charge in [0.1, 0.15) is 5.82 Å². The Morgan fingerprint density at radius 2 is 1.80 bits per heavy atom. The molecule has 3 aromatic rings. The molecule has 6 nitrogen and oxygen atoms in total. The van der Waals surface area contributed by atoms with Crippen molar-refractivity contribution < 1.29 is 9.59 Å². The van der Waals surface area contributed by atoms with Crippen LogP contribution in [0.1, 0.15) is 16.2 Å². The molecule has 0 bridgehead atoms. The lowest BCUT2D eigenvalue weighted by molar-refractivity contribution is -0.120. The maximum Gasteiger partial charge on any atom is 0.253 e. The summed E-state index contributed by atoms with van der Waals surface area (Å²) in [5, 5.41) is 5.65. The van der Waals surface area contributed by atoms with Crippen LogP contribution in [0.25, 0.3) is 11.0 Å². The Morgan fingerprint density at radius 3 is 2.60 bits per heavy atom. The molecule has 2 amide bonds. The summed E-state index contributed by atoms with van der Waals surface area (Å²) in [6.07, 6.45) is 0.582. The lowest BCUT2D eigenvalue weighted by atomic mass is 10.2. The Bertz CT molecular complexity index is 874. The highest BCUT2D eigenvalue weighted by atomic mass is 35.5. The third-order valence-corrected chi connectivity index (χ3v) is 3.98. The second-order valence-corrected chi connectivity index (χ2v) is 5.87. The largest absolute Gasteiger partial charge is 0.354 e. The maximum absolute atomic E-state index is 12.0. The lowest BCUT2D eigenvalue weighted by Crippen LogP contribution is -2.37. The highest BCUT2D eigenvalue weighted by Gasteiger charge is 2.11. The van der Waals surface area contributed by atoms with Crippen LogP contribution < -0.4 is 10.6 Å². The van der Waals surface area contributed by atoms with Crippen molar-refractivity contribution in [3.05, 3.63) is 64.9 Å². The highest BCUT2D eigenvalue weighted by Crippen LogP contribution is 2.14. The van der Waals surface area contributed by atoms with Crippen LogP contribution in [0.15, 0.2) is 48.5 Å². The Balaban J connectivity index is 1.43. The summed E-state index contributed by atoms with van der Waals surface area (Å²) in [5.41, 5.74) is 2.21. The summed E-state index contributed by atoms with van der Waals surface area (Å²) in [6, 6.07) is 14.4. The average Bonchev–Trinajstić information content (AvgIpc) is 3.03. The minimum Gasteiger partial charge on any atom is -0.354 e. The molecule has 0 saturated carbocycles. The minimum atomic E-state index is -0.377. The zero-order valence-corrected chi connectivity index (χ0v) is 14.1. The number of nitrogens with zero attached hydrogens (tertiary/aromatic N) is 1. The standard InChI is InChI=1S/C18H17ClN4O2/c19-13-6-2-1-5-12(13)18(25)21-11-17(24)20-10-9-16-22-14-7-3-4-8-15(14)23-16/h1-8H,9-11H2,(H,20,24)(H,21,25)(H,22,23). The molecule has 7 heteroatoms. The van der Waals surface area contributed by atoms with Crippen molar-refractivity contribution in [1.82, 2.24) is 20.6 Å². The Hall–Kier alpha value is -2.86. The molecule has 3 rings (SSSR count). The van der Waals surface area contributed by atoms with Crippen LogP contribution in [-0.4, -0.2) is 34.9 Å². The fourth-order valence-corrected chi connectivity index (χ4v) is 2.63. The van der Waals surface area contributed by atoms with Crippen molar-refractivity contribution in [2.45, 2.75) is 6.42 Å². The van der Waals surface area contributed by atoms with Gasteiger partial charge in [-0.05, 0) is 24.3 Å². The van der Waals surface area contributed by atoms with Gasteiger partial charge in [0.15, 0.2) is 0 Å². The van der Waals surface area contributed by atoms with E-state index in [-0.39, 0.29) is 18.4 Å². The number of halogens is 1. The third-order valence-electron chi connectivity index (χ3n) is 3.65. The number of hydrogen-bond donors (Lipinski definition) is 3. The second-order valence-electron chi connectivity index (χ2n) is 5.46. The van der Waals surface area contributed by atoms with Gasteiger partial charge in [0.05, 0.1) is 28.2 Å². The zero-order valence-electron chi connectivity index (χ0n) is 13.4. The van der Waals surface area contributed by atoms with Crippen molar-refractivity contribution in [3.8, 4) is 0 Å². The predicted octanol–water partition coefficient (Wildman–Crippen LogP) is 2.30. The molecule has 0 radical (unpaired) electrons. The van der Waals surface area contributed by atoms with Crippen LogP contribution >= 0.6 is 11.6 Å². The van der Waals surface area contributed by atoms with Gasteiger partial charge in [0, 0.05) is 13.0 Å². The molecule has 0 atom stereocenters. The molecule has 128 valence electrons. The quantitative estimate of drug-likeness (QED) is 0.633. The molecule has 1 heterocycles. The highest BCUT2D eigenvalue weighted by molar-refractivity contribution is 6.33. The number of para-hydroxylation sites is 2. The van der Waals surface area contributed by atoms with Gasteiger partial charge in [-0.1, -0.05) is 35.9 Å². The van der Waals surface area contributed by atoms with E-state index in [1.165, 1.54) is 0 Å². The second kappa shape index (κ2) is 7.81. The van der Waals surface area contributed by atoms with E-state index in [2.05, 4.69) is 20.6 Å². The molecule has 2 aromatic carbocycles. The number of hydrogen-bond acceptors (Lipinski definition) is 3. The van der Waals surface area contributed by atoms with Crippen LogP contribution in [0, 0.1) is 0 Å². The van der Waals surface area contributed by atoms with Crippen molar-refractivity contribution in [2.24, 2.45) is 0 Å². The molecular formula is C18H17ClN4O2. The van der Waals surface area contributed by atoms with Gasteiger partial charge in [-0.25, -0.2) is 4.98 Å². The van der Waals surface area contributed by atoms with Gasteiger partial charge in [-0.15, -0.1) is 0 Å². The number of imidazole rings is 1.